The SMILES string of the molecule is c1ccc2c(c1)CCCC2CNC1CCOC1C1CC1. The van der Waals surface area contributed by atoms with E-state index in [-0.39, 0.29) is 0 Å². The van der Waals surface area contributed by atoms with Crippen molar-refractivity contribution in [2.75, 3.05) is 13.2 Å². The fourth-order valence-electron chi connectivity index (χ4n) is 4.08. The molecule has 2 aliphatic carbocycles. The van der Waals surface area contributed by atoms with Crippen LogP contribution in [0.4, 0.5) is 0 Å². The van der Waals surface area contributed by atoms with Gasteiger partial charge in [-0.3, -0.25) is 0 Å². The average Bonchev–Trinajstić information content (AvgIpc) is 3.24. The molecule has 1 saturated heterocycles. The van der Waals surface area contributed by atoms with Gasteiger partial charge in [-0.05, 0) is 61.5 Å². The molecule has 3 aliphatic rings. The molecule has 0 aromatic heterocycles. The molecule has 1 heterocycles. The van der Waals surface area contributed by atoms with E-state index in [0.29, 0.717) is 18.1 Å². The monoisotopic (exact) mass is 271 g/mol. The summed E-state index contributed by atoms with van der Waals surface area (Å²) in [6.45, 7) is 2.09. The molecule has 4 rings (SSSR count). The number of aryl methyl sites for hydroxylation is 1. The van der Waals surface area contributed by atoms with E-state index in [9.17, 15) is 0 Å². The lowest BCUT2D eigenvalue weighted by Crippen LogP contribution is -2.40. The minimum atomic E-state index is 0.508. The smallest absolute Gasteiger partial charge is 0.0756 e. The molecule has 1 saturated carbocycles. The highest BCUT2D eigenvalue weighted by molar-refractivity contribution is 5.32. The molecule has 2 fully saturated rings. The lowest BCUT2D eigenvalue weighted by atomic mass is 9.82. The second-order valence-electron chi connectivity index (χ2n) is 6.76. The minimum Gasteiger partial charge on any atom is -0.376 e. The van der Waals surface area contributed by atoms with Crippen LogP contribution in [0.15, 0.2) is 24.3 Å². The van der Waals surface area contributed by atoms with Crippen molar-refractivity contribution in [3.05, 3.63) is 35.4 Å². The summed E-state index contributed by atoms with van der Waals surface area (Å²) in [5.41, 5.74) is 3.17. The van der Waals surface area contributed by atoms with Crippen molar-refractivity contribution >= 4 is 0 Å². The molecule has 1 N–H and O–H groups in total. The van der Waals surface area contributed by atoms with Crippen LogP contribution in [0.3, 0.4) is 0 Å². The third-order valence-electron chi connectivity index (χ3n) is 5.34. The van der Waals surface area contributed by atoms with Crippen molar-refractivity contribution in [1.29, 1.82) is 0 Å². The molecule has 3 atom stereocenters. The van der Waals surface area contributed by atoms with Gasteiger partial charge in [-0.1, -0.05) is 24.3 Å². The summed E-state index contributed by atoms with van der Waals surface area (Å²) < 4.78 is 5.94. The van der Waals surface area contributed by atoms with Gasteiger partial charge in [0.25, 0.3) is 0 Å². The summed E-state index contributed by atoms with van der Waals surface area (Å²) in [5.74, 6) is 1.56. The van der Waals surface area contributed by atoms with Gasteiger partial charge < -0.3 is 10.1 Å². The number of nitrogens with one attached hydrogen (secondary N) is 1. The fraction of sp³-hybridized carbons (Fsp3) is 0.667. The molecular weight excluding hydrogens is 246 g/mol. The maximum atomic E-state index is 5.94. The Morgan fingerprint density at radius 3 is 2.90 bits per heavy atom. The van der Waals surface area contributed by atoms with Crippen LogP contribution < -0.4 is 5.32 Å². The second kappa shape index (κ2) is 5.50. The van der Waals surface area contributed by atoms with Crippen molar-refractivity contribution in [3.63, 3.8) is 0 Å². The molecule has 2 nitrogen and oxygen atoms in total. The summed E-state index contributed by atoms with van der Waals surface area (Å²) in [4.78, 5) is 0. The van der Waals surface area contributed by atoms with Gasteiger partial charge in [0.1, 0.15) is 0 Å². The second-order valence-corrected chi connectivity index (χ2v) is 6.76. The zero-order valence-electron chi connectivity index (χ0n) is 12.2. The van der Waals surface area contributed by atoms with Crippen molar-refractivity contribution < 1.29 is 4.74 Å². The van der Waals surface area contributed by atoms with Gasteiger partial charge in [-0.2, -0.15) is 0 Å². The molecule has 1 aromatic carbocycles. The fourth-order valence-corrected chi connectivity index (χ4v) is 4.08. The van der Waals surface area contributed by atoms with E-state index >= 15 is 0 Å². The third kappa shape index (κ3) is 2.51. The summed E-state index contributed by atoms with van der Waals surface area (Å²) in [6.07, 6.45) is 8.43. The predicted molar refractivity (Wildman–Crippen MR) is 81.0 cm³/mol. The zero-order valence-corrected chi connectivity index (χ0v) is 12.2. The molecule has 0 amide bonds. The number of benzene rings is 1. The molecule has 20 heavy (non-hydrogen) atoms. The van der Waals surface area contributed by atoms with Crippen LogP contribution >= 0.6 is 0 Å². The Labute approximate surface area is 121 Å². The van der Waals surface area contributed by atoms with E-state index in [2.05, 4.69) is 29.6 Å². The van der Waals surface area contributed by atoms with Crippen LogP contribution in [0.2, 0.25) is 0 Å². The van der Waals surface area contributed by atoms with Gasteiger partial charge >= 0.3 is 0 Å². The number of hydrogen-bond acceptors (Lipinski definition) is 2. The Bertz CT molecular complexity index is 468. The molecular formula is C18H25NO. The summed E-state index contributed by atoms with van der Waals surface area (Å²) in [6, 6.07) is 9.64. The van der Waals surface area contributed by atoms with Gasteiger partial charge in [0.15, 0.2) is 0 Å². The molecule has 3 unspecified atom stereocenters. The molecule has 0 radical (unpaired) electrons. The van der Waals surface area contributed by atoms with Crippen LogP contribution in [0, 0.1) is 5.92 Å². The van der Waals surface area contributed by atoms with E-state index in [1.807, 2.05) is 0 Å². The van der Waals surface area contributed by atoms with Gasteiger partial charge in [-0.15, -0.1) is 0 Å². The highest BCUT2D eigenvalue weighted by Crippen LogP contribution is 2.39. The van der Waals surface area contributed by atoms with E-state index in [4.69, 9.17) is 4.74 Å². The lowest BCUT2D eigenvalue weighted by molar-refractivity contribution is 0.0808. The number of ether oxygens (including phenoxy) is 1. The molecule has 1 aliphatic heterocycles. The van der Waals surface area contributed by atoms with Gasteiger partial charge in [-0.25, -0.2) is 0 Å². The van der Waals surface area contributed by atoms with Gasteiger partial charge in [0, 0.05) is 19.2 Å². The Morgan fingerprint density at radius 2 is 2.00 bits per heavy atom. The van der Waals surface area contributed by atoms with E-state index in [1.165, 1.54) is 38.5 Å². The topological polar surface area (TPSA) is 21.3 Å². The summed E-state index contributed by atoms with van der Waals surface area (Å²) >= 11 is 0. The molecule has 1 aromatic rings. The van der Waals surface area contributed by atoms with Crippen LogP contribution in [0.5, 0.6) is 0 Å². The Kier molecular flexibility index (Phi) is 3.53. The molecule has 2 heteroatoms. The maximum absolute atomic E-state index is 5.94. The van der Waals surface area contributed by atoms with Crippen LogP contribution in [-0.2, 0) is 11.2 Å². The minimum absolute atomic E-state index is 0.508. The predicted octanol–water partition coefficient (Wildman–Crippen LogP) is 3.26. The summed E-state index contributed by atoms with van der Waals surface area (Å²) in [5, 5.41) is 3.84. The van der Waals surface area contributed by atoms with Crippen molar-refractivity contribution in [2.24, 2.45) is 5.92 Å². The number of fused-ring (bicyclic) bond motifs is 1. The first-order chi connectivity index (χ1) is 9.92. The number of hydrogen-bond donors (Lipinski definition) is 1. The average molecular weight is 271 g/mol. The Balaban J connectivity index is 1.40. The van der Waals surface area contributed by atoms with E-state index in [1.54, 1.807) is 11.1 Å². The molecule has 0 spiro atoms. The Morgan fingerprint density at radius 1 is 1.10 bits per heavy atom. The first kappa shape index (κ1) is 12.8. The first-order valence-corrected chi connectivity index (χ1v) is 8.34. The highest BCUT2D eigenvalue weighted by Gasteiger charge is 2.40. The van der Waals surface area contributed by atoms with E-state index in [0.717, 1.165) is 19.1 Å². The zero-order chi connectivity index (χ0) is 13.4. The van der Waals surface area contributed by atoms with Crippen molar-refractivity contribution in [2.45, 2.75) is 56.6 Å². The van der Waals surface area contributed by atoms with Crippen molar-refractivity contribution in [3.8, 4) is 0 Å². The largest absolute Gasteiger partial charge is 0.376 e. The van der Waals surface area contributed by atoms with Crippen LogP contribution in [0.25, 0.3) is 0 Å². The maximum Gasteiger partial charge on any atom is 0.0756 e. The summed E-state index contributed by atoms with van der Waals surface area (Å²) in [7, 11) is 0. The highest BCUT2D eigenvalue weighted by atomic mass is 16.5. The number of rotatable bonds is 4. The Hall–Kier alpha value is -0.860. The van der Waals surface area contributed by atoms with Gasteiger partial charge in [0.2, 0.25) is 0 Å². The normalized spacial score (nSPS) is 33.1. The lowest BCUT2D eigenvalue weighted by Gasteiger charge is -2.28. The first-order valence-electron chi connectivity index (χ1n) is 8.34. The molecule has 0 bridgehead atoms. The molecule has 108 valence electrons. The van der Waals surface area contributed by atoms with E-state index < -0.39 is 0 Å². The standard InChI is InChI=1S/C18H25NO/c1-2-7-16-13(4-1)5-3-6-15(16)12-19-17-10-11-20-18(17)14-8-9-14/h1-2,4,7,14-15,17-19H,3,5-6,8-12H2. The van der Waals surface area contributed by atoms with Crippen molar-refractivity contribution in [1.82, 2.24) is 5.32 Å². The third-order valence-corrected chi connectivity index (χ3v) is 5.34. The van der Waals surface area contributed by atoms with Gasteiger partial charge in [0.05, 0.1) is 6.10 Å². The van der Waals surface area contributed by atoms with Crippen LogP contribution in [-0.4, -0.2) is 25.3 Å². The van der Waals surface area contributed by atoms with Crippen LogP contribution in [0.1, 0.15) is 49.1 Å². The quantitative estimate of drug-likeness (QED) is 0.907.